The summed E-state index contributed by atoms with van der Waals surface area (Å²) in [5.74, 6) is 0.997. The van der Waals surface area contributed by atoms with E-state index < -0.39 is 0 Å². The van der Waals surface area contributed by atoms with Crippen LogP contribution < -0.4 is 0 Å². The van der Waals surface area contributed by atoms with Gasteiger partial charge in [0.25, 0.3) is 5.91 Å². The second-order valence-electron chi connectivity index (χ2n) is 6.84. The van der Waals surface area contributed by atoms with Crippen molar-refractivity contribution in [1.29, 1.82) is 0 Å². The molecule has 25 heavy (non-hydrogen) atoms. The van der Waals surface area contributed by atoms with Crippen LogP contribution in [0.5, 0.6) is 0 Å². The second kappa shape index (κ2) is 7.72. The maximum atomic E-state index is 13.0. The lowest BCUT2D eigenvalue weighted by molar-refractivity contribution is 0.0666. The lowest BCUT2D eigenvalue weighted by Crippen LogP contribution is -2.40. The van der Waals surface area contributed by atoms with E-state index >= 15 is 0 Å². The fourth-order valence-electron chi connectivity index (χ4n) is 3.47. The second-order valence-corrected chi connectivity index (χ2v) is 6.84. The van der Waals surface area contributed by atoms with Gasteiger partial charge in [0.1, 0.15) is 11.6 Å². The van der Waals surface area contributed by atoms with Crippen LogP contribution in [0.15, 0.2) is 30.5 Å². The molecule has 0 spiro atoms. The Balaban J connectivity index is 1.60. The summed E-state index contributed by atoms with van der Waals surface area (Å²) in [5.41, 5.74) is 2.49. The molecule has 1 aliphatic heterocycles. The number of aromatic nitrogens is 2. The van der Waals surface area contributed by atoms with E-state index in [-0.39, 0.29) is 11.7 Å². The van der Waals surface area contributed by atoms with Crippen LogP contribution in [0.1, 0.15) is 46.7 Å². The number of nitrogens with zero attached hydrogens (tertiary/aromatic N) is 3. The Morgan fingerprint density at radius 3 is 2.76 bits per heavy atom. The van der Waals surface area contributed by atoms with Gasteiger partial charge >= 0.3 is 0 Å². The Labute approximate surface area is 148 Å². The van der Waals surface area contributed by atoms with E-state index in [1.54, 1.807) is 6.20 Å². The Hall–Kier alpha value is -2.30. The Kier molecular flexibility index (Phi) is 5.41. The smallest absolute Gasteiger partial charge is 0.257 e. The highest BCUT2D eigenvalue weighted by atomic mass is 19.1. The average molecular weight is 341 g/mol. The van der Waals surface area contributed by atoms with Crippen molar-refractivity contribution in [3.05, 3.63) is 58.9 Å². The molecule has 4 nitrogen and oxygen atoms in total. The molecular weight excluding hydrogens is 317 g/mol. The maximum absolute atomic E-state index is 13.0. The Morgan fingerprint density at radius 2 is 2.04 bits per heavy atom. The molecule has 2 heterocycles. The monoisotopic (exact) mass is 341 g/mol. The van der Waals surface area contributed by atoms with Gasteiger partial charge in [0.2, 0.25) is 0 Å². The van der Waals surface area contributed by atoms with Crippen molar-refractivity contribution in [3.63, 3.8) is 0 Å². The van der Waals surface area contributed by atoms with Crippen LogP contribution in [-0.2, 0) is 6.42 Å². The highest BCUT2D eigenvalue weighted by Gasteiger charge is 2.25. The standard InChI is InChI=1S/C20H24FN3O/c1-14-19(12-22-15(2)23-14)20(25)24-11-3-4-17(13-24)6-5-16-7-9-18(21)10-8-16/h7-10,12,17H,3-6,11,13H2,1-2H3. The van der Waals surface area contributed by atoms with Gasteiger partial charge in [-0.05, 0) is 63.1 Å². The molecule has 0 saturated carbocycles. The number of piperidine rings is 1. The number of hydrogen-bond donors (Lipinski definition) is 0. The zero-order valence-corrected chi connectivity index (χ0v) is 14.8. The summed E-state index contributed by atoms with van der Waals surface area (Å²) in [6.45, 7) is 5.25. The average Bonchev–Trinajstić information content (AvgIpc) is 2.61. The van der Waals surface area contributed by atoms with Gasteiger partial charge in [0, 0.05) is 19.3 Å². The van der Waals surface area contributed by atoms with Gasteiger partial charge in [0.05, 0.1) is 11.3 Å². The van der Waals surface area contributed by atoms with Crippen molar-refractivity contribution in [2.45, 2.75) is 39.5 Å². The van der Waals surface area contributed by atoms with Gasteiger partial charge in [0.15, 0.2) is 0 Å². The number of carbonyl (C=O) groups is 1. The number of amides is 1. The molecule has 0 N–H and O–H groups in total. The van der Waals surface area contributed by atoms with E-state index in [1.165, 1.54) is 12.1 Å². The lowest BCUT2D eigenvalue weighted by Gasteiger charge is -2.33. The summed E-state index contributed by atoms with van der Waals surface area (Å²) in [7, 11) is 0. The van der Waals surface area contributed by atoms with Gasteiger partial charge in [-0.3, -0.25) is 4.79 Å². The highest BCUT2D eigenvalue weighted by Crippen LogP contribution is 2.23. The van der Waals surface area contributed by atoms with Crippen molar-refractivity contribution in [2.75, 3.05) is 13.1 Å². The van der Waals surface area contributed by atoms with Crippen molar-refractivity contribution < 1.29 is 9.18 Å². The van der Waals surface area contributed by atoms with Crippen molar-refractivity contribution in [2.24, 2.45) is 5.92 Å². The first-order chi connectivity index (χ1) is 12.0. The topological polar surface area (TPSA) is 46.1 Å². The molecule has 1 atom stereocenters. The van der Waals surface area contributed by atoms with Crippen molar-refractivity contribution in [1.82, 2.24) is 14.9 Å². The first-order valence-corrected chi connectivity index (χ1v) is 8.87. The molecule has 1 aromatic heterocycles. The molecule has 0 radical (unpaired) electrons. The number of carbonyl (C=O) groups excluding carboxylic acids is 1. The molecule has 1 fully saturated rings. The molecule has 132 valence electrons. The van der Waals surface area contributed by atoms with Crippen LogP contribution in [0.25, 0.3) is 0 Å². The number of likely N-dealkylation sites (tertiary alicyclic amines) is 1. The molecule has 1 aromatic carbocycles. The zero-order chi connectivity index (χ0) is 17.8. The molecular formula is C20H24FN3O. The zero-order valence-electron chi connectivity index (χ0n) is 14.8. The third kappa shape index (κ3) is 4.41. The van der Waals surface area contributed by atoms with E-state index in [9.17, 15) is 9.18 Å². The molecule has 2 aromatic rings. The summed E-state index contributed by atoms with van der Waals surface area (Å²) in [4.78, 5) is 23.2. The fraction of sp³-hybridized carbons (Fsp3) is 0.450. The maximum Gasteiger partial charge on any atom is 0.257 e. The first-order valence-electron chi connectivity index (χ1n) is 8.87. The number of halogens is 1. The van der Waals surface area contributed by atoms with Crippen LogP contribution in [0, 0.1) is 25.6 Å². The van der Waals surface area contributed by atoms with Crippen LogP contribution >= 0.6 is 0 Å². The van der Waals surface area contributed by atoms with Crippen LogP contribution in [0.3, 0.4) is 0 Å². The molecule has 0 bridgehead atoms. The van der Waals surface area contributed by atoms with Crippen molar-refractivity contribution in [3.8, 4) is 0 Å². The molecule has 3 rings (SSSR count). The van der Waals surface area contributed by atoms with Gasteiger partial charge < -0.3 is 4.90 Å². The van der Waals surface area contributed by atoms with E-state index in [4.69, 9.17) is 0 Å². The summed E-state index contributed by atoms with van der Waals surface area (Å²) in [6, 6.07) is 6.70. The molecule has 0 aliphatic carbocycles. The summed E-state index contributed by atoms with van der Waals surface area (Å²) >= 11 is 0. The first kappa shape index (κ1) is 17.5. The summed E-state index contributed by atoms with van der Waals surface area (Å²) < 4.78 is 13.0. The fourth-order valence-corrected chi connectivity index (χ4v) is 3.47. The number of benzene rings is 1. The third-order valence-electron chi connectivity index (χ3n) is 4.89. The Bertz CT molecular complexity index is 745. The van der Waals surface area contributed by atoms with E-state index in [2.05, 4.69) is 9.97 Å². The Morgan fingerprint density at radius 1 is 1.28 bits per heavy atom. The van der Waals surface area contributed by atoms with E-state index in [0.717, 1.165) is 50.0 Å². The number of aryl methyl sites for hydroxylation is 3. The van der Waals surface area contributed by atoms with Gasteiger partial charge in [-0.15, -0.1) is 0 Å². The van der Waals surface area contributed by atoms with Gasteiger partial charge in [-0.25, -0.2) is 14.4 Å². The minimum absolute atomic E-state index is 0.0315. The molecule has 1 unspecified atom stereocenters. The quantitative estimate of drug-likeness (QED) is 0.851. The minimum Gasteiger partial charge on any atom is -0.338 e. The SMILES string of the molecule is Cc1ncc(C(=O)N2CCCC(CCc3ccc(F)cc3)C2)c(C)n1. The molecule has 1 amide bonds. The normalized spacial score (nSPS) is 17.6. The van der Waals surface area contributed by atoms with E-state index in [0.29, 0.717) is 17.3 Å². The largest absolute Gasteiger partial charge is 0.338 e. The number of hydrogen-bond acceptors (Lipinski definition) is 3. The third-order valence-corrected chi connectivity index (χ3v) is 4.89. The minimum atomic E-state index is -0.200. The van der Waals surface area contributed by atoms with Crippen molar-refractivity contribution >= 4 is 5.91 Å². The number of rotatable bonds is 4. The predicted molar refractivity (Wildman–Crippen MR) is 94.9 cm³/mol. The lowest BCUT2D eigenvalue weighted by atomic mass is 9.91. The van der Waals surface area contributed by atoms with Gasteiger partial charge in [-0.2, -0.15) is 0 Å². The molecule has 1 aliphatic rings. The summed E-state index contributed by atoms with van der Waals surface area (Å²) in [6.07, 6.45) is 5.72. The molecule has 1 saturated heterocycles. The highest BCUT2D eigenvalue weighted by molar-refractivity contribution is 5.95. The van der Waals surface area contributed by atoms with Crippen LogP contribution in [-0.4, -0.2) is 33.9 Å². The predicted octanol–water partition coefficient (Wildman–Crippen LogP) is 3.72. The van der Waals surface area contributed by atoms with Gasteiger partial charge in [-0.1, -0.05) is 12.1 Å². The van der Waals surface area contributed by atoms with Crippen LogP contribution in [0.4, 0.5) is 4.39 Å². The van der Waals surface area contributed by atoms with E-state index in [1.807, 2.05) is 30.9 Å². The van der Waals surface area contributed by atoms with Crippen LogP contribution in [0.2, 0.25) is 0 Å². The molecule has 5 heteroatoms. The summed E-state index contributed by atoms with van der Waals surface area (Å²) in [5, 5.41) is 0.